The molecule has 1 aromatic heterocycles. The van der Waals surface area contributed by atoms with Gasteiger partial charge in [0, 0.05) is 17.5 Å². The number of aromatic hydroxyl groups is 1. The van der Waals surface area contributed by atoms with Gasteiger partial charge in [-0.3, -0.25) is 4.79 Å². The lowest BCUT2D eigenvalue weighted by molar-refractivity contribution is 0.0995. The Hall–Kier alpha value is -2.95. The predicted octanol–water partition coefficient (Wildman–Crippen LogP) is 5.24. The molecule has 128 valence electrons. The minimum absolute atomic E-state index is 0.0407. The van der Waals surface area contributed by atoms with E-state index in [0.717, 1.165) is 16.5 Å². The number of aromatic nitrogens is 1. The van der Waals surface area contributed by atoms with Gasteiger partial charge in [0.15, 0.2) is 5.69 Å². The summed E-state index contributed by atoms with van der Waals surface area (Å²) in [5.41, 5.74) is 2.74. The van der Waals surface area contributed by atoms with E-state index in [1.54, 1.807) is 24.3 Å². The van der Waals surface area contributed by atoms with E-state index in [2.05, 4.69) is 24.1 Å². The molecule has 0 aliphatic heterocycles. The molecule has 1 heterocycles. The highest BCUT2D eigenvalue weighted by Crippen LogP contribution is 2.39. The summed E-state index contributed by atoms with van der Waals surface area (Å²) in [5, 5.41) is 19.3. The Morgan fingerprint density at radius 1 is 1.16 bits per heavy atom. The van der Waals surface area contributed by atoms with Gasteiger partial charge in [-0.1, -0.05) is 43.7 Å². The van der Waals surface area contributed by atoms with Crippen molar-refractivity contribution in [2.45, 2.75) is 27.3 Å². The average Bonchev–Trinajstić information content (AvgIpc) is 2.84. The standard InChI is InChI=1S/C20H21N3O2/c1-13(2)12-23-17-10-9-14(3)11-16(17)18(20(23)25)21-22-19(24)15-7-5-4-6-8-15/h4-11,13,25H,12H2,1-3H3. The van der Waals surface area contributed by atoms with Crippen LogP contribution in [0.1, 0.15) is 29.8 Å². The van der Waals surface area contributed by atoms with Gasteiger partial charge < -0.3 is 9.67 Å². The molecule has 0 atom stereocenters. The fraction of sp³-hybridized carbons (Fsp3) is 0.250. The molecular weight excluding hydrogens is 314 g/mol. The number of carbonyl (C=O) groups excluding carboxylic acids is 1. The summed E-state index contributed by atoms with van der Waals surface area (Å²) >= 11 is 0. The van der Waals surface area contributed by atoms with Crippen molar-refractivity contribution in [2.24, 2.45) is 16.1 Å². The van der Waals surface area contributed by atoms with E-state index in [1.165, 1.54) is 0 Å². The Kier molecular flexibility index (Phi) is 4.65. The van der Waals surface area contributed by atoms with E-state index in [0.29, 0.717) is 23.7 Å². The molecular formula is C20H21N3O2. The lowest BCUT2D eigenvalue weighted by atomic mass is 10.1. The minimum atomic E-state index is -0.433. The fourth-order valence-electron chi connectivity index (χ4n) is 2.82. The molecule has 3 rings (SSSR count). The SMILES string of the molecule is Cc1ccc2c(c1)c(N=NC(=O)c1ccccc1)c(O)n2CC(C)C. The molecule has 25 heavy (non-hydrogen) atoms. The summed E-state index contributed by atoms with van der Waals surface area (Å²) in [4.78, 5) is 12.2. The van der Waals surface area contributed by atoms with Crippen LogP contribution < -0.4 is 0 Å². The summed E-state index contributed by atoms with van der Waals surface area (Å²) in [6.07, 6.45) is 0. The van der Waals surface area contributed by atoms with Crippen LogP contribution in [0, 0.1) is 12.8 Å². The largest absolute Gasteiger partial charge is 0.493 e. The Labute approximate surface area is 146 Å². The predicted molar refractivity (Wildman–Crippen MR) is 98.5 cm³/mol. The van der Waals surface area contributed by atoms with Crippen LogP contribution in [0.4, 0.5) is 5.69 Å². The van der Waals surface area contributed by atoms with Gasteiger partial charge in [0.1, 0.15) is 0 Å². The van der Waals surface area contributed by atoms with Crippen molar-refractivity contribution < 1.29 is 9.90 Å². The number of benzene rings is 2. The molecule has 0 aliphatic carbocycles. The lowest BCUT2D eigenvalue weighted by Crippen LogP contribution is -2.03. The Bertz CT molecular complexity index is 940. The van der Waals surface area contributed by atoms with Crippen LogP contribution in [0.5, 0.6) is 5.88 Å². The number of nitrogens with zero attached hydrogens (tertiary/aromatic N) is 3. The molecule has 0 saturated heterocycles. The maximum atomic E-state index is 12.2. The highest BCUT2D eigenvalue weighted by Gasteiger charge is 2.18. The van der Waals surface area contributed by atoms with Crippen molar-refractivity contribution in [1.29, 1.82) is 0 Å². The molecule has 0 aliphatic rings. The maximum absolute atomic E-state index is 12.2. The van der Waals surface area contributed by atoms with E-state index in [-0.39, 0.29) is 5.88 Å². The summed E-state index contributed by atoms with van der Waals surface area (Å²) in [6, 6.07) is 14.7. The van der Waals surface area contributed by atoms with Crippen LogP contribution in [0.15, 0.2) is 58.8 Å². The number of azo groups is 1. The molecule has 5 nitrogen and oxygen atoms in total. The van der Waals surface area contributed by atoms with Gasteiger partial charge in [-0.05, 0) is 37.1 Å². The molecule has 3 aromatic rings. The monoisotopic (exact) mass is 335 g/mol. The van der Waals surface area contributed by atoms with E-state index in [1.807, 2.05) is 35.8 Å². The topological polar surface area (TPSA) is 66.9 Å². The van der Waals surface area contributed by atoms with Gasteiger partial charge >= 0.3 is 0 Å². The van der Waals surface area contributed by atoms with Gasteiger partial charge in [-0.15, -0.1) is 10.2 Å². The molecule has 0 unspecified atom stereocenters. The Morgan fingerprint density at radius 2 is 1.88 bits per heavy atom. The van der Waals surface area contributed by atoms with Gasteiger partial charge in [0.25, 0.3) is 5.91 Å². The van der Waals surface area contributed by atoms with Crippen molar-refractivity contribution in [3.8, 4) is 5.88 Å². The molecule has 2 aromatic carbocycles. The second-order valence-corrected chi connectivity index (χ2v) is 6.57. The molecule has 0 spiro atoms. The zero-order valence-corrected chi connectivity index (χ0v) is 14.6. The number of rotatable bonds is 4. The first-order valence-electron chi connectivity index (χ1n) is 8.30. The van der Waals surface area contributed by atoms with Gasteiger partial charge in [0.05, 0.1) is 5.52 Å². The first-order chi connectivity index (χ1) is 12.0. The normalized spacial score (nSPS) is 11.7. The van der Waals surface area contributed by atoms with Crippen molar-refractivity contribution in [3.63, 3.8) is 0 Å². The van der Waals surface area contributed by atoms with E-state index < -0.39 is 5.91 Å². The number of hydrogen-bond acceptors (Lipinski definition) is 3. The van der Waals surface area contributed by atoms with E-state index in [4.69, 9.17) is 0 Å². The van der Waals surface area contributed by atoms with Crippen molar-refractivity contribution >= 4 is 22.5 Å². The Morgan fingerprint density at radius 3 is 2.56 bits per heavy atom. The first kappa shape index (κ1) is 16.9. The maximum Gasteiger partial charge on any atom is 0.295 e. The van der Waals surface area contributed by atoms with E-state index in [9.17, 15) is 9.90 Å². The zero-order valence-electron chi connectivity index (χ0n) is 14.6. The summed E-state index contributed by atoms with van der Waals surface area (Å²) in [5.74, 6) is -0.0325. The molecule has 0 saturated carbocycles. The number of aryl methyl sites for hydroxylation is 1. The smallest absolute Gasteiger partial charge is 0.295 e. The summed E-state index contributed by atoms with van der Waals surface area (Å²) in [7, 11) is 0. The van der Waals surface area contributed by atoms with Gasteiger partial charge in [0.2, 0.25) is 5.88 Å². The summed E-state index contributed by atoms with van der Waals surface area (Å²) in [6.45, 7) is 6.80. The number of fused-ring (bicyclic) bond motifs is 1. The van der Waals surface area contributed by atoms with Crippen LogP contribution in [0.2, 0.25) is 0 Å². The summed E-state index contributed by atoms with van der Waals surface area (Å²) < 4.78 is 1.82. The first-order valence-corrected chi connectivity index (χ1v) is 8.30. The van der Waals surface area contributed by atoms with Crippen LogP contribution in [0.3, 0.4) is 0 Å². The number of hydrogen-bond donors (Lipinski definition) is 1. The molecule has 1 amide bonds. The third kappa shape index (κ3) is 3.45. The van der Waals surface area contributed by atoms with Gasteiger partial charge in [-0.2, -0.15) is 0 Å². The van der Waals surface area contributed by atoms with Crippen molar-refractivity contribution in [1.82, 2.24) is 4.57 Å². The highest BCUT2D eigenvalue weighted by molar-refractivity contribution is 5.97. The average molecular weight is 335 g/mol. The third-order valence-electron chi connectivity index (χ3n) is 3.97. The van der Waals surface area contributed by atoms with Crippen LogP contribution >= 0.6 is 0 Å². The van der Waals surface area contributed by atoms with Crippen molar-refractivity contribution in [3.05, 3.63) is 59.7 Å². The zero-order chi connectivity index (χ0) is 18.0. The molecule has 0 radical (unpaired) electrons. The van der Waals surface area contributed by atoms with Crippen LogP contribution in [0.25, 0.3) is 10.9 Å². The Balaban J connectivity index is 2.06. The lowest BCUT2D eigenvalue weighted by Gasteiger charge is -2.09. The van der Waals surface area contributed by atoms with Gasteiger partial charge in [-0.25, -0.2) is 0 Å². The van der Waals surface area contributed by atoms with Crippen molar-refractivity contribution in [2.75, 3.05) is 0 Å². The van der Waals surface area contributed by atoms with E-state index >= 15 is 0 Å². The highest BCUT2D eigenvalue weighted by atomic mass is 16.3. The molecule has 5 heteroatoms. The van der Waals surface area contributed by atoms with Crippen LogP contribution in [-0.4, -0.2) is 15.6 Å². The third-order valence-corrected chi connectivity index (χ3v) is 3.97. The number of amides is 1. The quantitative estimate of drug-likeness (QED) is 0.663. The fourth-order valence-corrected chi connectivity index (χ4v) is 2.82. The minimum Gasteiger partial charge on any atom is -0.493 e. The molecule has 1 N–H and O–H groups in total. The second kappa shape index (κ2) is 6.89. The number of carbonyl (C=O) groups is 1. The second-order valence-electron chi connectivity index (χ2n) is 6.57. The molecule has 0 bridgehead atoms. The van der Waals surface area contributed by atoms with Crippen LogP contribution in [-0.2, 0) is 6.54 Å². The molecule has 0 fully saturated rings.